The molecule has 0 saturated carbocycles. The number of hydrogen-bond donors (Lipinski definition) is 1. The van der Waals surface area contributed by atoms with Crippen molar-refractivity contribution in [1.29, 1.82) is 0 Å². The first kappa shape index (κ1) is 11.6. The van der Waals surface area contributed by atoms with Crippen LogP contribution in [0.3, 0.4) is 0 Å². The Morgan fingerprint density at radius 3 is 3.00 bits per heavy atom. The van der Waals surface area contributed by atoms with E-state index < -0.39 is 0 Å². The molecule has 0 amide bonds. The average molecular weight is 214 g/mol. The van der Waals surface area contributed by atoms with Crippen molar-refractivity contribution in [3.63, 3.8) is 0 Å². The van der Waals surface area contributed by atoms with Crippen LogP contribution in [0.25, 0.3) is 0 Å². The lowest BCUT2D eigenvalue weighted by Gasteiger charge is -2.00. The van der Waals surface area contributed by atoms with Crippen LogP contribution in [-0.4, -0.2) is 20.9 Å². The van der Waals surface area contributed by atoms with E-state index in [4.69, 9.17) is 5.73 Å². The zero-order valence-electron chi connectivity index (χ0n) is 8.69. The van der Waals surface area contributed by atoms with Gasteiger partial charge < -0.3 is 5.73 Å². The molecule has 6 heteroatoms. The Hall–Kier alpha value is -1.43. The normalized spacial score (nSPS) is 12.1. The smallest absolute Gasteiger partial charge is 0.327 e. The predicted molar refractivity (Wildman–Crippen MR) is 55.0 cm³/mol. The van der Waals surface area contributed by atoms with E-state index in [0.717, 1.165) is 6.42 Å². The Morgan fingerprint density at radius 2 is 2.47 bits per heavy atom. The Balaban J connectivity index is 2.83. The molecule has 0 radical (unpaired) electrons. The molecule has 0 aromatic carbocycles. The molecule has 0 atom stereocenters. The summed E-state index contributed by atoms with van der Waals surface area (Å²) < 4.78 is 14.9. The van der Waals surface area contributed by atoms with Crippen molar-refractivity contribution >= 4 is 0 Å². The highest BCUT2D eigenvalue weighted by Crippen LogP contribution is 1.95. The molecular weight excluding hydrogens is 199 g/mol. The molecule has 0 saturated heterocycles. The highest BCUT2D eigenvalue weighted by Gasteiger charge is 2.05. The van der Waals surface area contributed by atoms with Crippen molar-refractivity contribution < 1.29 is 4.39 Å². The number of halogens is 1. The molecule has 1 aromatic heterocycles. The van der Waals surface area contributed by atoms with Gasteiger partial charge in [0.05, 0.1) is 12.9 Å². The summed E-state index contributed by atoms with van der Waals surface area (Å²) in [5, 5.41) is 3.87. The Bertz CT molecular complexity index is 393. The van der Waals surface area contributed by atoms with Crippen molar-refractivity contribution in [2.24, 2.45) is 5.73 Å². The monoisotopic (exact) mass is 214 g/mol. The predicted octanol–water partition coefficient (Wildman–Crippen LogP) is 0.267. The molecule has 5 nitrogen and oxygen atoms in total. The summed E-state index contributed by atoms with van der Waals surface area (Å²) in [4.78, 5) is 11.6. The minimum atomic E-state index is -0.232. The fourth-order valence-corrected chi connectivity index (χ4v) is 1.21. The highest BCUT2D eigenvalue weighted by atomic mass is 19.1. The van der Waals surface area contributed by atoms with Crippen LogP contribution >= 0.6 is 0 Å². The van der Waals surface area contributed by atoms with E-state index in [1.54, 1.807) is 0 Å². The van der Waals surface area contributed by atoms with Gasteiger partial charge in [-0.15, -0.1) is 0 Å². The number of aryl methyl sites for hydroxylation is 1. The zero-order valence-corrected chi connectivity index (χ0v) is 8.69. The number of hydrogen-bond acceptors (Lipinski definition) is 3. The van der Waals surface area contributed by atoms with Gasteiger partial charge in [-0.25, -0.2) is 13.9 Å². The molecule has 0 spiro atoms. The largest absolute Gasteiger partial charge is 0.346 e. The summed E-state index contributed by atoms with van der Waals surface area (Å²) in [6, 6.07) is 0. The number of nitrogens with zero attached hydrogens (tertiary/aromatic N) is 3. The van der Waals surface area contributed by atoms with Crippen LogP contribution in [0.1, 0.15) is 13.3 Å². The zero-order chi connectivity index (χ0) is 11.3. The van der Waals surface area contributed by atoms with Gasteiger partial charge in [-0.3, -0.25) is 4.57 Å². The number of rotatable bonds is 5. The lowest BCUT2D eigenvalue weighted by Crippen LogP contribution is -2.26. The molecular formula is C9H15FN4O. The van der Waals surface area contributed by atoms with Crippen LogP contribution < -0.4 is 11.4 Å². The molecule has 0 fully saturated rings. The topological polar surface area (TPSA) is 65.8 Å². The first-order valence-corrected chi connectivity index (χ1v) is 4.83. The van der Waals surface area contributed by atoms with Crippen molar-refractivity contribution in [3.8, 4) is 0 Å². The molecule has 0 bridgehead atoms. The highest BCUT2D eigenvalue weighted by molar-refractivity contribution is 4.98. The SMILES string of the molecule is CCCn1cnn(CC(=CF)CN)c1=O. The molecule has 0 aliphatic heterocycles. The molecule has 15 heavy (non-hydrogen) atoms. The fraction of sp³-hybridized carbons (Fsp3) is 0.556. The fourth-order valence-electron chi connectivity index (χ4n) is 1.21. The van der Waals surface area contributed by atoms with E-state index in [9.17, 15) is 9.18 Å². The van der Waals surface area contributed by atoms with Gasteiger partial charge in [-0.2, -0.15) is 5.10 Å². The maximum absolute atomic E-state index is 12.2. The van der Waals surface area contributed by atoms with E-state index in [-0.39, 0.29) is 18.8 Å². The first-order chi connectivity index (χ1) is 7.22. The molecule has 1 aromatic rings. The number of aromatic nitrogens is 3. The van der Waals surface area contributed by atoms with Gasteiger partial charge in [-0.05, 0) is 12.0 Å². The second-order valence-corrected chi connectivity index (χ2v) is 3.24. The Kier molecular flexibility index (Phi) is 4.23. The van der Waals surface area contributed by atoms with Crippen LogP contribution in [0.4, 0.5) is 4.39 Å². The lowest BCUT2D eigenvalue weighted by molar-refractivity contribution is 0.589. The molecule has 0 unspecified atom stereocenters. The molecule has 0 aliphatic rings. The van der Waals surface area contributed by atoms with Crippen LogP contribution in [-0.2, 0) is 13.1 Å². The van der Waals surface area contributed by atoms with Crippen molar-refractivity contribution in [2.75, 3.05) is 6.54 Å². The quantitative estimate of drug-likeness (QED) is 0.765. The summed E-state index contributed by atoms with van der Waals surface area (Å²) in [7, 11) is 0. The van der Waals surface area contributed by atoms with Gasteiger partial charge in [0.25, 0.3) is 0 Å². The van der Waals surface area contributed by atoms with E-state index >= 15 is 0 Å². The van der Waals surface area contributed by atoms with Gasteiger partial charge in [0, 0.05) is 13.1 Å². The minimum Gasteiger partial charge on any atom is -0.327 e. The van der Waals surface area contributed by atoms with E-state index in [0.29, 0.717) is 18.4 Å². The molecule has 1 heterocycles. The van der Waals surface area contributed by atoms with E-state index in [1.807, 2.05) is 6.92 Å². The van der Waals surface area contributed by atoms with Gasteiger partial charge in [0.15, 0.2) is 0 Å². The van der Waals surface area contributed by atoms with Crippen molar-refractivity contribution in [2.45, 2.75) is 26.4 Å². The lowest BCUT2D eigenvalue weighted by atomic mass is 10.3. The van der Waals surface area contributed by atoms with Crippen LogP contribution in [0.5, 0.6) is 0 Å². The van der Waals surface area contributed by atoms with Crippen molar-refractivity contribution in [3.05, 3.63) is 28.7 Å². The second kappa shape index (κ2) is 5.45. The van der Waals surface area contributed by atoms with E-state index in [2.05, 4.69) is 5.10 Å². The van der Waals surface area contributed by atoms with Gasteiger partial charge in [-0.1, -0.05) is 6.92 Å². The van der Waals surface area contributed by atoms with E-state index in [1.165, 1.54) is 15.6 Å². The average Bonchev–Trinajstić information content (AvgIpc) is 2.58. The summed E-state index contributed by atoms with van der Waals surface area (Å²) >= 11 is 0. The summed E-state index contributed by atoms with van der Waals surface area (Å²) in [6.45, 7) is 2.79. The Labute approximate surface area is 87.0 Å². The third-order valence-electron chi connectivity index (χ3n) is 2.03. The molecule has 84 valence electrons. The number of nitrogens with two attached hydrogens (primary N) is 1. The minimum absolute atomic E-state index is 0.0869. The Morgan fingerprint density at radius 1 is 1.73 bits per heavy atom. The standard InChI is InChI=1S/C9H15FN4O/c1-2-3-13-7-12-14(9(13)15)6-8(4-10)5-11/h4,7H,2-3,5-6,11H2,1H3. The summed E-state index contributed by atoms with van der Waals surface area (Å²) in [6.07, 6.45) is 2.73. The molecule has 2 N–H and O–H groups in total. The first-order valence-electron chi connectivity index (χ1n) is 4.83. The summed E-state index contributed by atoms with van der Waals surface area (Å²) in [5.74, 6) is 0. The van der Waals surface area contributed by atoms with Crippen molar-refractivity contribution in [1.82, 2.24) is 14.3 Å². The maximum atomic E-state index is 12.2. The second-order valence-electron chi connectivity index (χ2n) is 3.24. The van der Waals surface area contributed by atoms with Crippen LogP contribution in [0, 0.1) is 0 Å². The van der Waals surface area contributed by atoms with Gasteiger partial charge in [0.1, 0.15) is 6.33 Å². The third kappa shape index (κ3) is 2.76. The van der Waals surface area contributed by atoms with Crippen LogP contribution in [0.2, 0.25) is 0 Å². The molecule has 0 aliphatic carbocycles. The maximum Gasteiger partial charge on any atom is 0.346 e. The van der Waals surface area contributed by atoms with Gasteiger partial charge >= 0.3 is 5.69 Å². The summed E-state index contributed by atoms with van der Waals surface area (Å²) in [5.41, 5.74) is 5.40. The third-order valence-corrected chi connectivity index (χ3v) is 2.03. The van der Waals surface area contributed by atoms with Gasteiger partial charge in [0.2, 0.25) is 0 Å². The molecule has 1 rings (SSSR count). The van der Waals surface area contributed by atoms with Crippen LogP contribution in [0.15, 0.2) is 23.0 Å².